The lowest BCUT2D eigenvalue weighted by Crippen LogP contribution is -2.38. The molecule has 0 spiro atoms. The van der Waals surface area contributed by atoms with E-state index < -0.39 is 24.2 Å². The third-order valence-electron chi connectivity index (χ3n) is 2.07. The minimum absolute atomic E-state index is 0.418. The van der Waals surface area contributed by atoms with Crippen LogP contribution in [0.1, 0.15) is 20.3 Å². The van der Waals surface area contributed by atoms with Crippen molar-refractivity contribution in [2.24, 2.45) is 0 Å². The Morgan fingerprint density at radius 1 is 1.55 bits per heavy atom. The smallest absolute Gasteiger partial charge is 0.301 e. The minimum Gasteiger partial charge on any atom is -0.384 e. The van der Waals surface area contributed by atoms with E-state index >= 15 is 0 Å². The van der Waals surface area contributed by atoms with Crippen molar-refractivity contribution in [3.63, 3.8) is 0 Å². The summed E-state index contributed by atoms with van der Waals surface area (Å²) < 4.78 is 30.4. The van der Waals surface area contributed by atoms with Gasteiger partial charge in [0.25, 0.3) is 0 Å². The summed E-state index contributed by atoms with van der Waals surface area (Å²) in [5, 5.41) is 9.01. The highest BCUT2D eigenvalue weighted by atomic mass is 19.3. The van der Waals surface area contributed by atoms with E-state index in [-0.39, 0.29) is 0 Å². The molecule has 1 fully saturated rings. The molecule has 0 bridgehead atoms. The summed E-state index contributed by atoms with van der Waals surface area (Å²) in [7, 11) is 0. The molecule has 0 saturated carbocycles. The molecule has 1 aliphatic rings. The zero-order valence-electron chi connectivity index (χ0n) is 6.55. The van der Waals surface area contributed by atoms with Gasteiger partial charge in [-0.25, -0.2) is 8.78 Å². The number of rotatable bonds is 1. The van der Waals surface area contributed by atoms with Gasteiger partial charge in [0, 0.05) is 0 Å². The average molecular weight is 166 g/mol. The van der Waals surface area contributed by atoms with Gasteiger partial charge in [-0.3, -0.25) is 0 Å². The van der Waals surface area contributed by atoms with Crippen molar-refractivity contribution in [3.8, 4) is 0 Å². The molecule has 1 heterocycles. The van der Waals surface area contributed by atoms with Gasteiger partial charge in [-0.1, -0.05) is 6.92 Å². The number of halogens is 2. The zero-order valence-corrected chi connectivity index (χ0v) is 6.55. The Morgan fingerprint density at radius 3 is 2.27 bits per heavy atom. The van der Waals surface area contributed by atoms with Crippen LogP contribution in [-0.4, -0.2) is 29.3 Å². The van der Waals surface area contributed by atoms with Gasteiger partial charge in [-0.05, 0) is 13.3 Å². The van der Waals surface area contributed by atoms with Crippen LogP contribution in [0.4, 0.5) is 8.78 Å². The number of aliphatic hydroxyl groups excluding tert-OH is 1. The van der Waals surface area contributed by atoms with Crippen LogP contribution in [0.2, 0.25) is 0 Å². The molecule has 2 nitrogen and oxygen atoms in total. The molecule has 1 rings (SSSR count). The topological polar surface area (TPSA) is 29.5 Å². The van der Waals surface area contributed by atoms with E-state index in [0.29, 0.717) is 6.42 Å². The SMILES string of the molecule is CC[C@H]1OC(C)C(F)(F)C1O. The maximum absolute atomic E-state index is 12.8. The fourth-order valence-corrected chi connectivity index (χ4v) is 1.24. The highest BCUT2D eigenvalue weighted by Crippen LogP contribution is 2.36. The normalized spacial score (nSPS) is 42.8. The number of ether oxygens (including phenoxy) is 1. The van der Waals surface area contributed by atoms with Gasteiger partial charge in [0.05, 0.1) is 6.10 Å². The van der Waals surface area contributed by atoms with Crippen molar-refractivity contribution < 1.29 is 18.6 Å². The first-order valence-electron chi connectivity index (χ1n) is 3.71. The maximum atomic E-state index is 12.8. The van der Waals surface area contributed by atoms with Crippen LogP contribution < -0.4 is 0 Å². The van der Waals surface area contributed by atoms with Gasteiger partial charge < -0.3 is 9.84 Å². The molecular formula is C7H12F2O2. The summed E-state index contributed by atoms with van der Waals surface area (Å²) in [6, 6.07) is 0. The molecule has 66 valence electrons. The van der Waals surface area contributed by atoms with Crippen molar-refractivity contribution in [3.05, 3.63) is 0 Å². The van der Waals surface area contributed by atoms with Crippen LogP contribution in [0, 0.1) is 0 Å². The molecule has 1 aliphatic heterocycles. The second kappa shape index (κ2) is 2.68. The molecule has 4 heteroatoms. The van der Waals surface area contributed by atoms with E-state index in [1.807, 2.05) is 0 Å². The highest BCUT2D eigenvalue weighted by molar-refractivity contribution is 4.94. The Hall–Kier alpha value is -0.220. The lowest BCUT2D eigenvalue weighted by Gasteiger charge is -2.16. The van der Waals surface area contributed by atoms with Crippen molar-refractivity contribution in [2.45, 2.75) is 44.5 Å². The second-order valence-electron chi connectivity index (χ2n) is 2.84. The predicted molar refractivity (Wildman–Crippen MR) is 35.6 cm³/mol. The van der Waals surface area contributed by atoms with Crippen LogP contribution >= 0.6 is 0 Å². The number of aliphatic hydroxyl groups is 1. The maximum Gasteiger partial charge on any atom is 0.301 e. The third-order valence-corrected chi connectivity index (χ3v) is 2.07. The first-order chi connectivity index (χ1) is 5.00. The molecule has 0 aliphatic carbocycles. The standard InChI is InChI=1S/C7H12F2O2/c1-3-5-6(10)7(8,9)4(2)11-5/h4-6,10H,3H2,1-2H3/t4?,5-,6?/m1/s1. The number of hydrogen-bond acceptors (Lipinski definition) is 2. The van der Waals surface area contributed by atoms with Crippen LogP contribution in [0.5, 0.6) is 0 Å². The van der Waals surface area contributed by atoms with Gasteiger partial charge in [-0.15, -0.1) is 0 Å². The Morgan fingerprint density at radius 2 is 2.09 bits per heavy atom. The lowest BCUT2D eigenvalue weighted by atomic mass is 10.1. The Bertz CT molecular complexity index is 149. The van der Waals surface area contributed by atoms with E-state index in [2.05, 4.69) is 0 Å². The summed E-state index contributed by atoms with van der Waals surface area (Å²) in [4.78, 5) is 0. The van der Waals surface area contributed by atoms with Gasteiger partial charge >= 0.3 is 5.92 Å². The minimum atomic E-state index is -3.08. The number of alkyl halides is 2. The van der Waals surface area contributed by atoms with Gasteiger partial charge in [0.1, 0.15) is 12.2 Å². The van der Waals surface area contributed by atoms with Gasteiger partial charge in [0.2, 0.25) is 0 Å². The molecule has 0 aromatic rings. The highest BCUT2D eigenvalue weighted by Gasteiger charge is 2.55. The summed E-state index contributed by atoms with van der Waals surface area (Å²) in [5.74, 6) is -3.08. The zero-order chi connectivity index (χ0) is 8.65. The van der Waals surface area contributed by atoms with Gasteiger partial charge in [-0.2, -0.15) is 0 Å². The molecular weight excluding hydrogens is 154 g/mol. The molecule has 0 aromatic heterocycles. The molecule has 1 saturated heterocycles. The quantitative estimate of drug-likeness (QED) is 0.633. The molecule has 11 heavy (non-hydrogen) atoms. The summed E-state index contributed by atoms with van der Waals surface area (Å²) in [6.45, 7) is 2.99. The molecule has 0 aromatic carbocycles. The lowest BCUT2D eigenvalue weighted by molar-refractivity contribution is -0.105. The van der Waals surface area contributed by atoms with Crippen LogP contribution in [0.15, 0.2) is 0 Å². The fraction of sp³-hybridized carbons (Fsp3) is 1.00. The second-order valence-corrected chi connectivity index (χ2v) is 2.84. The Kier molecular flexibility index (Phi) is 2.16. The molecule has 0 amide bonds. The monoisotopic (exact) mass is 166 g/mol. The Labute approximate surface area is 64.2 Å². The Balaban J connectivity index is 2.71. The van der Waals surface area contributed by atoms with E-state index in [1.165, 1.54) is 6.92 Å². The molecule has 2 unspecified atom stereocenters. The molecule has 0 radical (unpaired) electrons. The van der Waals surface area contributed by atoms with Crippen molar-refractivity contribution in [1.29, 1.82) is 0 Å². The van der Waals surface area contributed by atoms with Crippen LogP contribution in [-0.2, 0) is 4.74 Å². The van der Waals surface area contributed by atoms with Crippen molar-refractivity contribution >= 4 is 0 Å². The first kappa shape index (κ1) is 8.87. The van der Waals surface area contributed by atoms with E-state index in [0.717, 1.165) is 0 Å². The first-order valence-corrected chi connectivity index (χ1v) is 3.71. The fourth-order valence-electron chi connectivity index (χ4n) is 1.24. The van der Waals surface area contributed by atoms with Crippen molar-refractivity contribution in [2.75, 3.05) is 0 Å². The molecule has 1 N–H and O–H groups in total. The van der Waals surface area contributed by atoms with Crippen molar-refractivity contribution in [1.82, 2.24) is 0 Å². The molecule has 3 atom stereocenters. The van der Waals surface area contributed by atoms with E-state index in [9.17, 15) is 8.78 Å². The summed E-state index contributed by atoms with van der Waals surface area (Å²) in [5.41, 5.74) is 0. The average Bonchev–Trinajstić information content (AvgIpc) is 2.14. The van der Waals surface area contributed by atoms with Gasteiger partial charge in [0.15, 0.2) is 0 Å². The largest absolute Gasteiger partial charge is 0.384 e. The summed E-state index contributed by atoms with van der Waals surface area (Å²) in [6.07, 6.45) is -3.09. The van der Waals surface area contributed by atoms with E-state index in [4.69, 9.17) is 9.84 Å². The van der Waals surface area contributed by atoms with Crippen LogP contribution in [0.25, 0.3) is 0 Å². The third kappa shape index (κ3) is 1.25. The van der Waals surface area contributed by atoms with E-state index in [1.54, 1.807) is 6.92 Å². The van der Waals surface area contributed by atoms with Crippen LogP contribution in [0.3, 0.4) is 0 Å². The predicted octanol–water partition coefficient (Wildman–Crippen LogP) is 1.18. The number of hydrogen-bond donors (Lipinski definition) is 1. The summed E-state index contributed by atoms with van der Waals surface area (Å²) >= 11 is 0.